The molecule has 7 nitrogen and oxygen atoms in total. The van der Waals surface area contributed by atoms with E-state index in [1.165, 1.54) is 6.92 Å². The first kappa shape index (κ1) is 18.4. The van der Waals surface area contributed by atoms with Gasteiger partial charge in [0.2, 0.25) is 0 Å². The van der Waals surface area contributed by atoms with Crippen molar-refractivity contribution in [3.8, 4) is 0 Å². The first-order chi connectivity index (χ1) is 8.26. The smallest absolute Gasteiger partial charge is 0.316 e. The fourth-order valence-corrected chi connectivity index (χ4v) is 0.992. The molecule has 0 saturated heterocycles. The van der Waals surface area contributed by atoms with Crippen LogP contribution in [0.4, 0.5) is 0 Å². The zero-order valence-electron chi connectivity index (χ0n) is 10.6. The molecular formula is C11H18O7. The summed E-state index contributed by atoms with van der Waals surface area (Å²) >= 11 is 0. The van der Waals surface area contributed by atoms with E-state index in [4.69, 9.17) is 14.9 Å². The van der Waals surface area contributed by atoms with E-state index < -0.39 is 30.2 Å². The molecule has 18 heavy (non-hydrogen) atoms. The fraction of sp³-hybridized carbons (Fsp3) is 0.636. The van der Waals surface area contributed by atoms with Crippen LogP contribution in [0.1, 0.15) is 33.6 Å². The molecule has 104 valence electrons. The third-order valence-corrected chi connectivity index (χ3v) is 1.77. The second-order valence-corrected chi connectivity index (χ2v) is 3.29. The average Bonchev–Trinajstić information content (AvgIpc) is 2.16. The predicted octanol–water partition coefficient (Wildman–Crippen LogP) is 0.710. The summed E-state index contributed by atoms with van der Waals surface area (Å²) in [6.07, 6.45) is -0.284. The third kappa shape index (κ3) is 10.6. The Balaban J connectivity index is 0. The van der Waals surface area contributed by atoms with Crippen molar-refractivity contribution in [1.82, 2.24) is 0 Å². The van der Waals surface area contributed by atoms with Crippen LogP contribution in [0.15, 0.2) is 0 Å². The van der Waals surface area contributed by atoms with E-state index in [1.54, 1.807) is 13.8 Å². The summed E-state index contributed by atoms with van der Waals surface area (Å²) in [6.45, 7) is 5.27. The third-order valence-electron chi connectivity index (χ3n) is 1.77. The number of carboxylic acids is 2. The number of carboxylic acid groups (broad SMARTS) is 2. The van der Waals surface area contributed by atoms with Crippen LogP contribution >= 0.6 is 0 Å². The van der Waals surface area contributed by atoms with Gasteiger partial charge < -0.3 is 14.9 Å². The van der Waals surface area contributed by atoms with Gasteiger partial charge >= 0.3 is 17.9 Å². The maximum Gasteiger partial charge on any atom is 0.316 e. The Morgan fingerprint density at radius 2 is 1.50 bits per heavy atom. The number of ketones is 1. The lowest BCUT2D eigenvalue weighted by molar-refractivity contribution is -0.151. The SMILES string of the molecule is CCOC(=O)C(CC)C(C)=O.O=C(O)CC(=O)O. The standard InChI is InChI=1S/C8H14O3.C3H4O4/c1-4-7(6(3)9)8(10)11-5-2;4-2(5)1-3(6)7/h7H,4-5H2,1-3H3;1H2,(H,4,5)(H,6,7). The van der Waals surface area contributed by atoms with Crippen LogP contribution < -0.4 is 0 Å². The van der Waals surface area contributed by atoms with E-state index in [2.05, 4.69) is 0 Å². The van der Waals surface area contributed by atoms with Gasteiger partial charge in [0, 0.05) is 0 Å². The lowest BCUT2D eigenvalue weighted by Gasteiger charge is -2.08. The highest BCUT2D eigenvalue weighted by molar-refractivity contribution is 5.97. The van der Waals surface area contributed by atoms with Crippen molar-refractivity contribution in [2.45, 2.75) is 33.6 Å². The lowest BCUT2D eigenvalue weighted by Crippen LogP contribution is -2.23. The van der Waals surface area contributed by atoms with Gasteiger partial charge in [-0.05, 0) is 20.3 Å². The molecule has 0 fully saturated rings. The minimum absolute atomic E-state index is 0.119. The number of ether oxygens (including phenoxy) is 1. The van der Waals surface area contributed by atoms with E-state index in [1.807, 2.05) is 0 Å². The summed E-state index contributed by atoms with van der Waals surface area (Å²) < 4.78 is 4.70. The van der Waals surface area contributed by atoms with Crippen molar-refractivity contribution in [2.75, 3.05) is 6.61 Å². The van der Waals surface area contributed by atoms with Crippen molar-refractivity contribution in [2.24, 2.45) is 5.92 Å². The van der Waals surface area contributed by atoms with Crippen molar-refractivity contribution in [1.29, 1.82) is 0 Å². The van der Waals surface area contributed by atoms with Crippen molar-refractivity contribution >= 4 is 23.7 Å². The highest BCUT2D eigenvalue weighted by Crippen LogP contribution is 2.05. The zero-order chi connectivity index (χ0) is 14.7. The highest BCUT2D eigenvalue weighted by atomic mass is 16.5. The Hall–Kier alpha value is -1.92. The average molecular weight is 262 g/mol. The molecular weight excluding hydrogens is 244 g/mol. The largest absolute Gasteiger partial charge is 0.481 e. The first-order valence-electron chi connectivity index (χ1n) is 5.36. The number of hydrogen-bond donors (Lipinski definition) is 2. The van der Waals surface area contributed by atoms with E-state index >= 15 is 0 Å². The molecule has 0 aliphatic rings. The number of Topliss-reactive ketones (excluding diaryl/α,β-unsaturated/α-hetero) is 1. The van der Waals surface area contributed by atoms with Crippen LogP contribution in [0, 0.1) is 5.92 Å². The number of hydrogen-bond acceptors (Lipinski definition) is 5. The van der Waals surface area contributed by atoms with Gasteiger partial charge in [-0.2, -0.15) is 0 Å². The van der Waals surface area contributed by atoms with E-state index in [-0.39, 0.29) is 5.78 Å². The normalized spacial score (nSPS) is 10.6. The molecule has 1 atom stereocenters. The summed E-state index contributed by atoms with van der Waals surface area (Å²) in [5.41, 5.74) is 0. The monoisotopic (exact) mass is 262 g/mol. The predicted molar refractivity (Wildman–Crippen MR) is 61.0 cm³/mol. The Morgan fingerprint density at radius 3 is 1.67 bits per heavy atom. The number of rotatable bonds is 6. The summed E-state index contributed by atoms with van der Waals surface area (Å²) in [6, 6.07) is 0. The van der Waals surface area contributed by atoms with Gasteiger partial charge in [0.05, 0.1) is 6.61 Å². The molecule has 0 bridgehead atoms. The highest BCUT2D eigenvalue weighted by Gasteiger charge is 2.21. The molecule has 2 N–H and O–H groups in total. The summed E-state index contributed by atoms with van der Waals surface area (Å²) in [5, 5.41) is 15.4. The van der Waals surface area contributed by atoms with Crippen molar-refractivity contribution in [3.05, 3.63) is 0 Å². The summed E-state index contributed by atoms with van der Waals surface area (Å²) in [5.74, 6) is -3.71. The fourth-order valence-electron chi connectivity index (χ4n) is 0.992. The summed E-state index contributed by atoms with van der Waals surface area (Å²) in [4.78, 5) is 40.6. The minimum atomic E-state index is -1.31. The molecule has 1 unspecified atom stereocenters. The number of carbonyl (C=O) groups excluding carboxylic acids is 2. The van der Waals surface area contributed by atoms with Gasteiger partial charge in [-0.25, -0.2) is 0 Å². The maximum atomic E-state index is 11.0. The molecule has 0 aromatic carbocycles. The molecule has 0 spiro atoms. The second kappa shape index (κ2) is 10.2. The lowest BCUT2D eigenvalue weighted by atomic mass is 10.0. The molecule has 0 saturated carbocycles. The Morgan fingerprint density at radius 1 is 1.06 bits per heavy atom. The Bertz CT molecular complexity index is 297. The van der Waals surface area contributed by atoms with Gasteiger partial charge in [-0.3, -0.25) is 19.2 Å². The van der Waals surface area contributed by atoms with Crippen LogP contribution in [0.25, 0.3) is 0 Å². The van der Waals surface area contributed by atoms with Gasteiger partial charge in [0.25, 0.3) is 0 Å². The summed E-state index contributed by atoms with van der Waals surface area (Å²) in [7, 11) is 0. The molecule has 7 heteroatoms. The molecule has 0 aliphatic heterocycles. The number of aliphatic carboxylic acids is 2. The van der Waals surface area contributed by atoms with Crippen molar-refractivity contribution in [3.63, 3.8) is 0 Å². The molecule has 0 amide bonds. The molecule has 0 aliphatic carbocycles. The zero-order valence-corrected chi connectivity index (χ0v) is 10.6. The van der Waals surface area contributed by atoms with Crippen LogP contribution in [0.2, 0.25) is 0 Å². The molecule has 0 heterocycles. The maximum absolute atomic E-state index is 11.0. The molecule has 0 aromatic heterocycles. The van der Waals surface area contributed by atoms with E-state index in [9.17, 15) is 19.2 Å². The topological polar surface area (TPSA) is 118 Å². The van der Waals surface area contributed by atoms with Gasteiger partial charge in [0.1, 0.15) is 18.1 Å². The number of esters is 1. The minimum Gasteiger partial charge on any atom is -0.481 e. The number of carbonyl (C=O) groups is 4. The van der Waals surface area contributed by atoms with Gasteiger partial charge in [-0.15, -0.1) is 0 Å². The van der Waals surface area contributed by atoms with Crippen LogP contribution in [-0.4, -0.2) is 40.5 Å². The van der Waals surface area contributed by atoms with E-state index in [0.29, 0.717) is 13.0 Å². The quantitative estimate of drug-likeness (QED) is 0.534. The van der Waals surface area contributed by atoms with E-state index in [0.717, 1.165) is 0 Å². The Labute approximate surface area is 105 Å². The van der Waals surface area contributed by atoms with Crippen LogP contribution in [-0.2, 0) is 23.9 Å². The first-order valence-corrected chi connectivity index (χ1v) is 5.36. The van der Waals surface area contributed by atoms with Crippen LogP contribution in [0.3, 0.4) is 0 Å². The van der Waals surface area contributed by atoms with Crippen molar-refractivity contribution < 1.29 is 34.1 Å². The second-order valence-electron chi connectivity index (χ2n) is 3.29. The molecule has 0 aromatic rings. The Kier molecular flexibility index (Phi) is 10.5. The molecule has 0 radical (unpaired) electrons. The van der Waals surface area contributed by atoms with Crippen LogP contribution in [0.5, 0.6) is 0 Å². The van der Waals surface area contributed by atoms with Gasteiger partial charge in [0.15, 0.2) is 0 Å². The van der Waals surface area contributed by atoms with Gasteiger partial charge in [-0.1, -0.05) is 6.92 Å². The molecule has 0 rings (SSSR count).